The summed E-state index contributed by atoms with van der Waals surface area (Å²) in [6.45, 7) is 11.9. The minimum atomic E-state index is -0.692. The van der Waals surface area contributed by atoms with Crippen LogP contribution < -0.4 is 10.3 Å². The van der Waals surface area contributed by atoms with Crippen molar-refractivity contribution < 1.29 is 14.3 Å². The van der Waals surface area contributed by atoms with E-state index in [2.05, 4.69) is 32.5 Å². The van der Waals surface area contributed by atoms with Gasteiger partial charge in [0.05, 0.1) is 23.7 Å². The average Bonchev–Trinajstić information content (AvgIpc) is 3.20. The predicted molar refractivity (Wildman–Crippen MR) is 157 cm³/mol. The van der Waals surface area contributed by atoms with E-state index < -0.39 is 12.1 Å². The fourth-order valence-electron chi connectivity index (χ4n) is 4.40. The van der Waals surface area contributed by atoms with Crippen LogP contribution >= 0.6 is 15.9 Å². The number of aryl methyl sites for hydroxylation is 1. The summed E-state index contributed by atoms with van der Waals surface area (Å²) < 4.78 is 15.1. The summed E-state index contributed by atoms with van der Waals surface area (Å²) in [6, 6.07) is 15.1. The molecule has 39 heavy (non-hydrogen) atoms. The van der Waals surface area contributed by atoms with Crippen LogP contribution in [0.2, 0.25) is 0 Å². The predicted octanol–water partition coefficient (Wildman–Crippen LogP) is 6.29. The number of hydrogen-bond acceptors (Lipinski definition) is 6. The second-order valence-corrected chi connectivity index (χ2v) is 10.4. The van der Waals surface area contributed by atoms with E-state index in [9.17, 15) is 9.59 Å². The van der Waals surface area contributed by atoms with E-state index in [4.69, 9.17) is 14.5 Å². The third-order valence-electron chi connectivity index (χ3n) is 6.70. The monoisotopic (exact) mass is 592 g/mol. The molecule has 4 rings (SSSR count). The summed E-state index contributed by atoms with van der Waals surface area (Å²) in [5.41, 5.74) is 4.27. The number of aromatic nitrogens is 3. The van der Waals surface area contributed by atoms with E-state index in [1.54, 1.807) is 26.1 Å². The maximum Gasteiger partial charge on any atom is 0.347 e. The van der Waals surface area contributed by atoms with Crippen LogP contribution in [0.5, 0.6) is 5.75 Å². The van der Waals surface area contributed by atoms with Gasteiger partial charge in [0.15, 0.2) is 6.10 Å². The molecule has 0 N–H and O–H groups in total. The molecule has 0 unspecified atom stereocenters. The smallest absolute Gasteiger partial charge is 0.347 e. The number of halogens is 1. The fourth-order valence-corrected chi connectivity index (χ4v) is 4.76. The van der Waals surface area contributed by atoms with Crippen LogP contribution in [0, 0.1) is 13.8 Å². The molecule has 2 aromatic carbocycles. The Morgan fingerprint density at radius 3 is 2.49 bits per heavy atom. The molecule has 0 amide bonds. The zero-order valence-electron chi connectivity index (χ0n) is 23.1. The number of fused-ring (bicyclic) bond motifs is 1. The minimum Gasteiger partial charge on any atom is -0.479 e. The number of hydrogen-bond donors (Lipinski definition) is 0. The number of rotatable bonds is 9. The number of carbonyl (C=O) groups excluding carboxylic acids is 1. The highest BCUT2D eigenvalue weighted by atomic mass is 79.9. The molecule has 2 aromatic heterocycles. The Balaban J connectivity index is 1.67. The Morgan fingerprint density at radius 2 is 1.82 bits per heavy atom. The largest absolute Gasteiger partial charge is 0.479 e. The average molecular weight is 594 g/mol. The third-order valence-corrected chi connectivity index (χ3v) is 7.19. The molecule has 0 bridgehead atoms. The molecule has 0 spiro atoms. The molecular weight excluding hydrogens is 560 g/mol. The SMILES string of the molecule is CCOC(=O)[C@@H](C)Oc1ccc(-n2c(C)cc(C=Nn3c([C@H](C)CC)nc4ccc(Br)cc4c3=O)c2C)cc1. The molecule has 0 fully saturated rings. The molecular formula is C30H33BrN4O4. The number of ether oxygens (including phenoxy) is 2. The van der Waals surface area contributed by atoms with Crippen LogP contribution in [0.3, 0.4) is 0 Å². The highest BCUT2D eigenvalue weighted by molar-refractivity contribution is 9.10. The summed E-state index contributed by atoms with van der Waals surface area (Å²) >= 11 is 3.45. The van der Waals surface area contributed by atoms with Gasteiger partial charge in [-0.05, 0) is 82.6 Å². The van der Waals surface area contributed by atoms with Crippen LogP contribution in [-0.2, 0) is 9.53 Å². The van der Waals surface area contributed by atoms with Crippen molar-refractivity contribution in [3.05, 3.63) is 86.1 Å². The van der Waals surface area contributed by atoms with Crippen LogP contribution in [-0.4, -0.2) is 39.1 Å². The van der Waals surface area contributed by atoms with Crippen molar-refractivity contribution in [1.29, 1.82) is 0 Å². The number of nitrogens with zero attached hydrogens (tertiary/aromatic N) is 4. The van der Waals surface area contributed by atoms with Gasteiger partial charge >= 0.3 is 5.97 Å². The summed E-state index contributed by atoms with van der Waals surface area (Å²) in [4.78, 5) is 30.1. The normalized spacial score (nSPS) is 13.1. The van der Waals surface area contributed by atoms with Crippen molar-refractivity contribution in [3.63, 3.8) is 0 Å². The highest BCUT2D eigenvalue weighted by Crippen LogP contribution is 2.24. The van der Waals surface area contributed by atoms with Gasteiger partial charge in [-0.2, -0.15) is 9.78 Å². The zero-order chi connectivity index (χ0) is 28.3. The van der Waals surface area contributed by atoms with Gasteiger partial charge in [0.25, 0.3) is 5.56 Å². The first-order valence-electron chi connectivity index (χ1n) is 13.0. The Kier molecular flexibility index (Phi) is 8.70. The van der Waals surface area contributed by atoms with Gasteiger partial charge in [0.1, 0.15) is 11.6 Å². The van der Waals surface area contributed by atoms with Crippen LogP contribution in [0.1, 0.15) is 62.8 Å². The Hall–Kier alpha value is -3.72. The van der Waals surface area contributed by atoms with Crippen molar-refractivity contribution in [2.24, 2.45) is 5.10 Å². The highest BCUT2D eigenvalue weighted by Gasteiger charge is 2.18. The van der Waals surface area contributed by atoms with Gasteiger partial charge in [-0.15, -0.1) is 0 Å². The van der Waals surface area contributed by atoms with E-state index >= 15 is 0 Å². The lowest BCUT2D eigenvalue weighted by Crippen LogP contribution is -2.26. The lowest BCUT2D eigenvalue weighted by atomic mass is 10.1. The molecule has 8 nitrogen and oxygen atoms in total. The first-order valence-corrected chi connectivity index (χ1v) is 13.8. The van der Waals surface area contributed by atoms with Gasteiger partial charge in [0.2, 0.25) is 0 Å². The number of benzene rings is 2. The van der Waals surface area contributed by atoms with E-state index in [-0.39, 0.29) is 11.5 Å². The summed E-state index contributed by atoms with van der Waals surface area (Å²) in [5, 5.41) is 5.15. The molecule has 0 saturated carbocycles. The summed E-state index contributed by atoms with van der Waals surface area (Å²) in [6.07, 6.45) is 1.86. The molecule has 9 heteroatoms. The zero-order valence-corrected chi connectivity index (χ0v) is 24.7. The molecule has 0 aliphatic rings. The van der Waals surface area contributed by atoms with Crippen molar-refractivity contribution in [3.8, 4) is 11.4 Å². The van der Waals surface area contributed by atoms with E-state index in [0.29, 0.717) is 29.1 Å². The third kappa shape index (κ3) is 5.98. The first-order chi connectivity index (χ1) is 18.6. The second-order valence-electron chi connectivity index (χ2n) is 9.47. The topological polar surface area (TPSA) is 87.7 Å². The molecule has 0 aliphatic carbocycles. The van der Waals surface area contributed by atoms with Crippen molar-refractivity contribution in [1.82, 2.24) is 14.2 Å². The van der Waals surface area contributed by atoms with E-state index in [0.717, 1.165) is 33.5 Å². The molecule has 4 aromatic rings. The van der Waals surface area contributed by atoms with Crippen LogP contribution in [0.25, 0.3) is 16.6 Å². The van der Waals surface area contributed by atoms with E-state index in [1.165, 1.54) is 4.68 Å². The molecule has 204 valence electrons. The lowest BCUT2D eigenvalue weighted by Gasteiger charge is -2.15. The Bertz CT molecular complexity index is 1590. The quantitative estimate of drug-likeness (QED) is 0.168. The number of esters is 1. The van der Waals surface area contributed by atoms with Crippen molar-refractivity contribution >= 4 is 39.0 Å². The standard InChI is InChI=1S/C30H33BrN4O4/c1-7-18(3)28-33-27-14-9-23(31)16-26(27)29(36)35(28)32-17-22-15-19(4)34(20(22)5)24-10-12-25(13-11-24)39-21(6)30(37)38-8-2/h9-18,21H,7-8H2,1-6H3/t18-,21-/m1/s1. The molecule has 0 saturated heterocycles. The molecule has 2 atom stereocenters. The molecule has 0 aliphatic heterocycles. The Morgan fingerprint density at radius 1 is 1.10 bits per heavy atom. The lowest BCUT2D eigenvalue weighted by molar-refractivity contribution is -0.150. The minimum absolute atomic E-state index is 0.0580. The van der Waals surface area contributed by atoms with Crippen LogP contribution in [0.4, 0.5) is 0 Å². The summed E-state index contributed by atoms with van der Waals surface area (Å²) in [5.74, 6) is 0.876. The van der Waals surface area contributed by atoms with Gasteiger partial charge in [-0.1, -0.05) is 29.8 Å². The van der Waals surface area contributed by atoms with Gasteiger partial charge in [0, 0.05) is 33.0 Å². The number of carbonyl (C=O) groups is 1. The maximum absolute atomic E-state index is 13.5. The van der Waals surface area contributed by atoms with Gasteiger partial charge in [-0.3, -0.25) is 4.79 Å². The van der Waals surface area contributed by atoms with Crippen LogP contribution in [0.15, 0.2) is 62.9 Å². The maximum atomic E-state index is 13.5. The van der Waals surface area contributed by atoms with Gasteiger partial charge in [-0.25, -0.2) is 9.78 Å². The first kappa shape index (κ1) is 28.3. The summed E-state index contributed by atoms with van der Waals surface area (Å²) in [7, 11) is 0. The molecule has 2 heterocycles. The van der Waals surface area contributed by atoms with E-state index in [1.807, 2.05) is 63.2 Å². The van der Waals surface area contributed by atoms with Crippen molar-refractivity contribution in [2.45, 2.75) is 60.0 Å². The van der Waals surface area contributed by atoms with Crippen molar-refractivity contribution in [2.75, 3.05) is 6.61 Å². The van der Waals surface area contributed by atoms with Gasteiger partial charge < -0.3 is 14.0 Å². The molecule has 0 radical (unpaired) electrons. The fraction of sp³-hybridized carbons (Fsp3) is 0.333. The second kappa shape index (κ2) is 12.0. The Labute approximate surface area is 236 Å².